The number of hydrogen-bond donors (Lipinski definition) is 1. The lowest BCUT2D eigenvalue weighted by Gasteiger charge is -2.34. The van der Waals surface area contributed by atoms with Gasteiger partial charge in [0.1, 0.15) is 12.1 Å². The van der Waals surface area contributed by atoms with E-state index in [0.29, 0.717) is 45.1 Å². The molecule has 2 aromatic rings. The van der Waals surface area contributed by atoms with Crippen molar-refractivity contribution in [1.82, 2.24) is 19.8 Å². The van der Waals surface area contributed by atoms with Crippen LogP contribution in [0.25, 0.3) is 0 Å². The van der Waals surface area contributed by atoms with Gasteiger partial charge in [-0.3, -0.25) is 9.59 Å². The minimum atomic E-state index is -0.243. The SMILES string of the molecule is CCOc1cc(NC2CCN(C(=O)C3CC(=O)N(Cc4ccc(C)cc4)C3)CC2)ncn1. The first-order valence-electron chi connectivity index (χ1n) is 11.4. The van der Waals surface area contributed by atoms with Crippen molar-refractivity contribution >= 4 is 17.6 Å². The van der Waals surface area contributed by atoms with Gasteiger partial charge in [-0.15, -0.1) is 0 Å². The van der Waals surface area contributed by atoms with Gasteiger partial charge in [0.2, 0.25) is 17.7 Å². The number of benzene rings is 1. The van der Waals surface area contributed by atoms with Crippen LogP contribution >= 0.6 is 0 Å². The molecule has 2 amide bonds. The van der Waals surface area contributed by atoms with E-state index in [2.05, 4.69) is 27.4 Å². The van der Waals surface area contributed by atoms with Crippen molar-refractivity contribution in [3.8, 4) is 5.88 Å². The number of likely N-dealkylation sites (tertiary alicyclic amines) is 2. The summed E-state index contributed by atoms with van der Waals surface area (Å²) < 4.78 is 5.43. The lowest BCUT2D eigenvalue weighted by Crippen LogP contribution is -2.45. The smallest absolute Gasteiger partial charge is 0.227 e. The number of rotatable bonds is 7. The van der Waals surface area contributed by atoms with Crippen molar-refractivity contribution in [1.29, 1.82) is 0 Å². The number of carbonyl (C=O) groups is 2. The molecule has 32 heavy (non-hydrogen) atoms. The zero-order valence-electron chi connectivity index (χ0n) is 18.8. The predicted octanol–water partition coefficient (Wildman–Crippen LogP) is 2.64. The molecule has 0 saturated carbocycles. The third kappa shape index (κ3) is 5.36. The molecule has 1 aromatic carbocycles. The fraction of sp³-hybridized carbons (Fsp3) is 0.500. The van der Waals surface area contributed by atoms with Crippen molar-refractivity contribution in [3.63, 3.8) is 0 Å². The summed E-state index contributed by atoms with van der Waals surface area (Å²) in [6, 6.07) is 10.2. The summed E-state index contributed by atoms with van der Waals surface area (Å²) >= 11 is 0. The fourth-order valence-corrected chi connectivity index (χ4v) is 4.36. The Bertz CT molecular complexity index is 941. The second-order valence-corrected chi connectivity index (χ2v) is 8.58. The van der Waals surface area contributed by atoms with Crippen LogP contribution in [0.2, 0.25) is 0 Å². The third-order valence-electron chi connectivity index (χ3n) is 6.15. The maximum atomic E-state index is 13.1. The van der Waals surface area contributed by atoms with E-state index >= 15 is 0 Å². The molecule has 0 radical (unpaired) electrons. The van der Waals surface area contributed by atoms with Crippen LogP contribution in [0.1, 0.15) is 37.3 Å². The van der Waals surface area contributed by atoms with Gasteiger partial charge in [0.25, 0.3) is 0 Å². The van der Waals surface area contributed by atoms with Gasteiger partial charge in [-0.25, -0.2) is 9.97 Å². The molecule has 2 fully saturated rings. The van der Waals surface area contributed by atoms with Crippen LogP contribution in [0, 0.1) is 12.8 Å². The lowest BCUT2D eigenvalue weighted by atomic mass is 10.0. The third-order valence-corrected chi connectivity index (χ3v) is 6.15. The number of anilines is 1. The zero-order chi connectivity index (χ0) is 22.5. The lowest BCUT2D eigenvalue weighted by molar-refractivity contribution is -0.136. The fourth-order valence-electron chi connectivity index (χ4n) is 4.36. The monoisotopic (exact) mass is 437 g/mol. The standard InChI is InChI=1S/C24H31N5O3/c1-3-32-22-13-21(25-16-26-22)27-20-8-10-28(11-9-20)24(31)19-12-23(30)29(15-19)14-18-6-4-17(2)5-7-18/h4-7,13,16,19-20H,3,8-12,14-15H2,1-2H3,(H,25,26,27). The maximum Gasteiger partial charge on any atom is 0.227 e. The summed E-state index contributed by atoms with van der Waals surface area (Å²) in [6.45, 7) is 6.96. The molecule has 1 N–H and O–H groups in total. The van der Waals surface area contributed by atoms with Gasteiger partial charge in [0.05, 0.1) is 12.5 Å². The van der Waals surface area contributed by atoms with Crippen molar-refractivity contribution < 1.29 is 14.3 Å². The number of nitrogens with one attached hydrogen (secondary N) is 1. The number of piperidine rings is 1. The van der Waals surface area contributed by atoms with Crippen molar-refractivity contribution in [2.24, 2.45) is 5.92 Å². The molecule has 0 aliphatic carbocycles. The molecular weight excluding hydrogens is 406 g/mol. The number of carbonyl (C=O) groups excluding carboxylic acids is 2. The van der Waals surface area contributed by atoms with E-state index in [9.17, 15) is 9.59 Å². The Hall–Kier alpha value is -3.16. The van der Waals surface area contributed by atoms with Crippen LogP contribution < -0.4 is 10.1 Å². The number of hydrogen-bond acceptors (Lipinski definition) is 6. The van der Waals surface area contributed by atoms with Crippen molar-refractivity contribution in [2.45, 2.75) is 45.7 Å². The average molecular weight is 438 g/mol. The van der Waals surface area contributed by atoms with Crippen LogP contribution in [-0.2, 0) is 16.1 Å². The molecule has 1 unspecified atom stereocenters. The Kier molecular flexibility index (Phi) is 6.87. The highest BCUT2D eigenvalue weighted by Gasteiger charge is 2.37. The Balaban J connectivity index is 1.26. The van der Waals surface area contributed by atoms with Gasteiger partial charge < -0.3 is 19.9 Å². The highest BCUT2D eigenvalue weighted by Crippen LogP contribution is 2.25. The van der Waals surface area contributed by atoms with E-state index in [1.807, 2.05) is 35.8 Å². The van der Waals surface area contributed by atoms with E-state index in [0.717, 1.165) is 24.2 Å². The average Bonchev–Trinajstić information content (AvgIpc) is 3.16. The van der Waals surface area contributed by atoms with Gasteiger partial charge in [0.15, 0.2) is 0 Å². The first kappa shape index (κ1) is 22.0. The van der Waals surface area contributed by atoms with Crippen LogP contribution in [-0.4, -0.2) is 63.9 Å². The van der Waals surface area contributed by atoms with E-state index in [4.69, 9.17) is 4.74 Å². The molecule has 0 spiro atoms. The Morgan fingerprint density at radius 3 is 2.66 bits per heavy atom. The van der Waals surface area contributed by atoms with Gasteiger partial charge in [-0.2, -0.15) is 0 Å². The normalized spacial score (nSPS) is 19.3. The molecule has 2 aliphatic rings. The summed E-state index contributed by atoms with van der Waals surface area (Å²) in [5.41, 5.74) is 2.29. The minimum Gasteiger partial charge on any atom is -0.478 e. The number of aromatic nitrogens is 2. The largest absolute Gasteiger partial charge is 0.478 e. The number of ether oxygens (including phenoxy) is 1. The second kappa shape index (κ2) is 9.97. The minimum absolute atomic E-state index is 0.0642. The Morgan fingerprint density at radius 1 is 1.19 bits per heavy atom. The number of amides is 2. The van der Waals surface area contributed by atoms with Crippen LogP contribution in [0.5, 0.6) is 5.88 Å². The van der Waals surface area contributed by atoms with Crippen molar-refractivity contribution in [2.75, 3.05) is 31.6 Å². The molecular formula is C24H31N5O3. The number of nitrogens with zero attached hydrogens (tertiary/aromatic N) is 4. The first-order chi connectivity index (χ1) is 15.5. The quantitative estimate of drug-likeness (QED) is 0.717. The summed E-state index contributed by atoms with van der Waals surface area (Å²) in [4.78, 5) is 37.6. The van der Waals surface area contributed by atoms with Crippen molar-refractivity contribution in [3.05, 3.63) is 47.8 Å². The van der Waals surface area contributed by atoms with E-state index in [1.165, 1.54) is 11.9 Å². The highest BCUT2D eigenvalue weighted by atomic mass is 16.5. The highest BCUT2D eigenvalue weighted by molar-refractivity contribution is 5.89. The summed E-state index contributed by atoms with van der Waals surface area (Å²) in [7, 11) is 0. The van der Waals surface area contributed by atoms with Crippen LogP contribution in [0.15, 0.2) is 36.7 Å². The van der Waals surface area contributed by atoms with Crippen LogP contribution in [0.4, 0.5) is 5.82 Å². The molecule has 2 aliphatic heterocycles. The van der Waals surface area contributed by atoms with Gasteiger partial charge >= 0.3 is 0 Å². The topological polar surface area (TPSA) is 87.7 Å². The molecule has 1 aromatic heterocycles. The summed E-state index contributed by atoms with van der Waals surface area (Å²) in [5, 5.41) is 3.42. The molecule has 4 rings (SSSR count). The Morgan fingerprint density at radius 2 is 1.94 bits per heavy atom. The molecule has 8 nitrogen and oxygen atoms in total. The van der Waals surface area contributed by atoms with Gasteiger partial charge in [-0.05, 0) is 32.3 Å². The van der Waals surface area contributed by atoms with Gasteiger partial charge in [0, 0.05) is 44.7 Å². The van der Waals surface area contributed by atoms with E-state index < -0.39 is 0 Å². The second-order valence-electron chi connectivity index (χ2n) is 8.58. The maximum absolute atomic E-state index is 13.1. The van der Waals surface area contributed by atoms with E-state index in [1.54, 1.807) is 6.07 Å². The molecule has 2 saturated heterocycles. The number of aryl methyl sites for hydroxylation is 1. The molecule has 170 valence electrons. The predicted molar refractivity (Wildman–Crippen MR) is 121 cm³/mol. The molecule has 1 atom stereocenters. The molecule has 8 heteroatoms. The first-order valence-corrected chi connectivity index (χ1v) is 11.4. The summed E-state index contributed by atoms with van der Waals surface area (Å²) in [5.74, 6) is 1.21. The van der Waals surface area contributed by atoms with E-state index in [-0.39, 0.29) is 23.8 Å². The van der Waals surface area contributed by atoms with Gasteiger partial charge in [-0.1, -0.05) is 29.8 Å². The Labute approximate surface area is 189 Å². The van der Waals surface area contributed by atoms with Crippen LogP contribution in [0.3, 0.4) is 0 Å². The summed E-state index contributed by atoms with van der Waals surface area (Å²) in [6.07, 6.45) is 3.48. The molecule has 3 heterocycles. The zero-order valence-corrected chi connectivity index (χ0v) is 18.8. The molecule has 0 bridgehead atoms.